The molecule has 0 radical (unpaired) electrons. The van der Waals surface area contributed by atoms with Crippen LogP contribution in [0.2, 0.25) is 0 Å². The van der Waals surface area contributed by atoms with E-state index in [2.05, 4.69) is 13.8 Å². The Kier molecular flexibility index (Phi) is 7.06. The predicted molar refractivity (Wildman–Crippen MR) is 110 cm³/mol. The van der Waals surface area contributed by atoms with Gasteiger partial charge in [-0.1, -0.05) is 38.8 Å². The third kappa shape index (κ3) is 5.15. The Bertz CT molecular complexity index is 862. The first-order chi connectivity index (χ1) is 14.3. The number of unbranched alkanes of at least 4 members (excludes halogenated alkanes) is 1. The number of fused-ring (bicyclic) bond motifs is 1. The molecule has 0 N–H and O–H groups in total. The number of carbonyl (C=O) groups excluding carboxylic acids is 1. The van der Waals surface area contributed by atoms with E-state index < -0.39 is 11.7 Å². The van der Waals surface area contributed by atoms with Crippen LogP contribution in [0.25, 0.3) is 0 Å². The fourth-order valence-corrected chi connectivity index (χ4v) is 3.91. The number of hydrogen-bond donors (Lipinski definition) is 0. The van der Waals surface area contributed by atoms with Crippen LogP contribution >= 0.6 is 0 Å². The van der Waals surface area contributed by atoms with Crippen LogP contribution in [0.1, 0.15) is 56.2 Å². The van der Waals surface area contributed by atoms with Crippen molar-refractivity contribution in [2.24, 2.45) is 5.92 Å². The number of hydrogen-bond acceptors (Lipinski definition) is 2. The van der Waals surface area contributed by atoms with E-state index in [-0.39, 0.29) is 11.8 Å². The Balaban J connectivity index is 1.72. The molecule has 1 aliphatic heterocycles. The number of carbonyl (C=O) groups is 1. The summed E-state index contributed by atoms with van der Waals surface area (Å²) in [6, 6.07) is 10.4. The van der Waals surface area contributed by atoms with Gasteiger partial charge in [0, 0.05) is 24.6 Å². The van der Waals surface area contributed by atoms with Crippen molar-refractivity contribution >= 4 is 5.91 Å². The first kappa shape index (κ1) is 22.2. The van der Waals surface area contributed by atoms with E-state index in [0.717, 1.165) is 48.9 Å². The van der Waals surface area contributed by atoms with Gasteiger partial charge in [0.05, 0.1) is 5.56 Å². The number of ether oxygens (including phenoxy) is 1. The van der Waals surface area contributed by atoms with Gasteiger partial charge >= 0.3 is 6.18 Å². The zero-order valence-corrected chi connectivity index (χ0v) is 17.5. The van der Waals surface area contributed by atoms with Crippen LogP contribution in [0.4, 0.5) is 13.2 Å². The largest absolute Gasteiger partial charge is 0.457 e. The number of rotatable bonds is 7. The summed E-state index contributed by atoms with van der Waals surface area (Å²) in [4.78, 5) is 14.9. The van der Waals surface area contributed by atoms with E-state index in [4.69, 9.17) is 4.74 Å². The second-order valence-electron chi connectivity index (χ2n) is 7.78. The number of nitrogens with zero attached hydrogens (tertiary/aromatic N) is 1. The molecular formula is C24H28F3NO2. The minimum atomic E-state index is -4.37. The second kappa shape index (κ2) is 9.54. The maximum absolute atomic E-state index is 12.9. The number of halogens is 3. The van der Waals surface area contributed by atoms with Gasteiger partial charge in [0.25, 0.3) is 0 Å². The van der Waals surface area contributed by atoms with Crippen molar-refractivity contribution in [2.45, 2.75) is 58.7 Å². The molecule has 3 rings (SSSR count). The first-order valence-electron chi connectivity index (χ1n) is 10.6. The molecule has 0 aromatic heterocycles. The van der Waals surface area contributed by atoms with E-state index in [9.17, 15) is 18.0 Å². The fraction of sp³-hybridized carbons (Fsp3) is 0.458. The molecule has 0 saturated heterocycles. The quantitative estimate of drug-likeness (QED) is 0.506. The Labute approximate surface area is 175 Å². The zero-order chi connectivity index (χ0) is 21.7. The highest BCUT2D eigenvalue weighted by Crippen LogP contribution is 2.34. The molecule has 2 aromatic rings. The molecule has 0 fully saturated rings. The van der Waals surface area contributed by atoms with Gasteiger partial charge in [-0.3, -0.25) is 4.79 Å². The molecule has 0 aliphatic carbocycles. The van der Waals surface area contributed by atoms with Gasteiger partial charge in [-0.15, -0.1) is 0 Å². The van der Waals surface area contributed by atoms with Crippen molar-refractivity contribution in [3.05, 3.63) is 59.2 Å². The van der Waals surface area contributed by atoms with Crippen molar-refractivity contribution in [1.82, 2.24) is 4.90 Å². The molecule has 1 atom stereocenters. The minimum absolute atomic E-state index is 0.0677. The Morgan fingerprint density at radius 1 is 1.13 bits per heavy atom. The fourth-order valence-electron chi connectivity index (χ4n) is 3.91. The second-order valence-corrected chi connectivity index (χ2v) is 7.78. The third-order valence-corrected chi connectivity index (χ3v) is 5.69. The molecule has 30 heavy (non-hydrogen) atoms. The molecule has 1 aliphatic rings. The molecule has 6 heteroatoms. The zero-order valence-electron chi connectivity index (χ0n) is 17.5. The molecule has 1 unspecified atom stereocenters. The van der Waals surface area contributed by atoms with Crippen molar-refractivity contribution in [3.8, 4) is 11.5 Å². The molecule has 162 valence electrons. The maximum Gasteiger partial charge on any atom is 0.416 e. The van der Waals surface area contributed by atoms with Gasteiger partial charge in [-0.25, -0.2) is 0 Å². The molecule has 1 amide bonds. The van der Waals surface area contributed by atoms with E-state index in [1.54, 1.807) is 0 Å². The van der Waals surface area contributed by atoms with Crippen molar-refractivity contribution in [1.29, 1.82) is 0 Å². The Morgan fingerprint density at radius 3 is 2.50 bits per heavy atom. The summed E-state index contributed by atoms with van der Waals surface area (Å²) in [6.45, 7) is 5.36. The molecular weight excluding hydrogens is 391 g/mol. The molecule has 0 saturated carbocycles. The third-order valence-electron chi connectivity index (χ3n) is 5.69. The minimum Gasteiger partial charge on any atom is -0.457 e. The molecule has 2 aromatic carbocycles. The van der Waals surface area contributed by atoms with E-state index in [1.807, 2.05) is 23.1 Å². The van der Waals surface area contributed by atoms with Crippen LogP contribution in [0.3, 0.4) is 0 Å². The summed E-state index contributed by atoms with van der Waals surface area (Å²) in [5, 5.41) is 0. The lowest BCUT2D eigenvalue weighted by Gasteiger charge is -2.32. The Morgan fingerprint density at radius 2 is 1.87 bits per heavy atom. The average Bonchev–Trinajstić information content (AvgIpc) is 2.73. The van der Waals surface area contributed by atoms with Crippen molar-refractivity contribution < 1.29 is 22.7 Å². The molecule has 0 spiro atoms. The van der Waals surface area contributed by atoms with E-state index in [1.165, 1.54) is 12.1 Å². The lowest BCUT2D eigenvalue weighted by Crippen LogP contribution is -2.39. The molecule has 0 bridgehead atoms. The SMILES string of the molecule is CCCCC(CC)C(=O)N1CCc2c(cccc2Oc2ccc(C(F)(F)F)cc2)C1. The molecule has 1 heterocycles. The summed E-state index contributed by atoms with van der Waals surface area (Å²) in [7, 11) is 0. The van der Waals surface area contributed by atoms with Crippen molar-refractivity contribution in [2.75, 3.05) is 6.54 Å². The lowest BCUT2D eigenvalue weighted by atomic mass is 9.94. The van der Waals surface area contributed by atoms with Crippen LogP contribution in [0.15, 0.2) is 42.5 Å². The van der Waals surface area contributed by atoms with Gasteiger partial charge < -0.3 is 9.64 Å². The predicted octanol–water partition coefficient (Wildman–Crippen LogP) is 6.60. The topological polar surface area (TPSA) is 29.5 Å². The van der Waals surface area contributed by atoms with E-state index in [0.29, 0.717) is 31.0 Å². The van der Waals surface area contributed by atoms with Gasteiger partial charge in [0.15, 0.2) is 0 Å². The normalized spacial score (nSPS) is 14.9. The molecule has 3 nitrogen and oxygen atoms in total. The summed E-state index contributed by atoms with van der Waals surface area (Å²) in [5.41, 5.74) is 1.35. The first-order valence-corrected chi connectivity index (χ1v) is 10.6. The van der Waals surface area contributed by atoms with Gasteiger partial charge in [-0.2, -0.15) is 13.2 Å². The summed E-state index contributed by atoms with van der Waals surface area (Å²) < 4.78 is 44.1. The standard InChI is InChI=1S/C24H28F3NO2/c1-3-5-7-17(4-2)23(29)28-15-14-21-18(16-28)8-6-9-22(21)30-20-12-10-19(11-13-20)24(25,26)27/h6,8-13,17H,3-5,7,14-16H2,1-2H3. The van der Waals surface area contributed by atoms with E-state index >= 15 is 0 Å². The lowest BCUT2D eigenvalue weighted by molar-refractivity contribution is -0.138. The highest BCUT2D eigenvalue weighted by atomic mass is 19.4. The monoisotopic (exact) mass is 419 g/mol. The van der Waals surface area contributed by atoms with Gasteiger partial charge in [-0.05, 0) is 55.2 Å². The summed E-state index contributed by atoms with van der Waals surface area (Å²) in [5.74, 6) is 1.28. The van der Waals surface area contributed by atoms with Crippen LogP contribution in [-0.2, 0) is 23.9 Å². The average molecular weight is 419 g/mol. The van der Waals surface area contributed by atoms with Crippen LogP contribution in [0, 0.1) is 5.92 Å². The summed E-state index contributed by atoms with van der Waals surface area (Å²) >= 11 is 0. The van der Waals surface area contributed by atoms with Gasteiger partial charge in [0.2, 0.25) is 5.91 Å². The highest BCUT2D eigenvalue weighted by Gasteiger charge is 2.30. The summed E-state index contributed by atoms with van der Waals surface area (Å²) in [6.07, 6.45) is 0.207. The van der Waals surface area contributed by atoms with Crippen LogP contribution < -0.4 is 4.74 Å². The van der Waals surface area contributed by atoms with Crippen LogP contribution in [0.5, 0.6) is 11.5 Å². The maximum atomic E-state index is 12.9. The van der Waals surface area contributed by atoms with Crippen LogP contribution in [-0.4, -0.2) is 17.4 Å². The number of alkyl halides is 3. The van der Waals surface area contributed by atoms with Gasteiger partial charge in [0.1, 0.15) is 11.5 Å². The number of amides is 1. The smallest absolute Gasteiger partial charge is 0.416 e. The number of benzene rings is 2. The Hall–Kier alpha value is -2.50. The van der Waals surface area contributed by atoms with Crippen molar-refractivity contribution in [3.63, 3.8) is 0 Å². The highest BCUT2D eigenvalue weighted by molar-refractivity contribution is 5.79.